The molecular weight excluding hydrogens is 275 g/mol. The Kier molecular flexibility index (Phi) is 5.04. The van der Waals surface area contributed by atoms with Gasteiger partial charge in [-0.25, -0.2) is 4.79 Å². The van der Waals surface area contributed by atoms with Crippen LogP contribution >= 0.6 is 0 Å². The van der Waals surface area contributed by atoms with Gasteiger partial charge in [0.25, 0.3) is 0 Å². The summed E-state index contributed by atoms with van der Waals surface area (Å²) in [5.74, 6) is -0.835. The average Bonchev–Trinajstić information content (AvgIpc) is 2.35. The summed E-state index contributed by atoms with van der Waals surface area (Å²) in [5.41, 5.74) is -1.97. The largest absolute Gasteiger partial charge is 0.508 e. The lowest BCUT2D eigenvalue weighted by atomic mass is 9.76. The molecule has 0 atom stereocenters. The molecule has 0 heterocycles. The van der Waals surface area contributed by atoms with Gasteiger partial charge in [0.1, 0.15) is 5.75 Å². The van der Waals surface area contributed by atoms with Crippen LogP contribution in [0, 0.1) is 0 Å². The summed E-state index contributed by atoms with van der Waals surface area (Å²) in [5, 5.41) is 29.8. The molecule has 0 radical (unpaired) electrons. The van der Waals surface area contributed by atoms with Crippen LogP contribution in [0.15, 0.2) is 18.2 Å². The number of phenolic OH excluding ortho intramolecular Hbond substituents is 1. The van der Waals surface area contributed by atoms with E-state index in [1.54, 1.807) is 27.7 Å². The molecule has 116 valence electrons. The lowest BCUT2D eigenvalue weighted by molar-refractivity contribution is -0.0982. The molecule has 0 aliphatic rings. The molecule has 21 heavy (non-hydrogen) atoms. The maximum Gasteiger partial charge on any atom is 0.491 e. The fraction of sp³-hybridized carbons (Fsp3) is 0.500. The number of carbonyl (C=O) groups is 1. The Balaban J connectivity index is 3.06. The number of hydrogen-bond donors (Lipinski definition) is 3. The van der Waals surface area contributed by atoms with Gasteiger partial charge in [0.2, 0.25) is 0 Å². The zero-order valence-electron chi connectivity index (χ0n) is 12.9. The van der Waals surface area contributed by atoms with Crippen molar-refractivity contribution in [2.75, 3.05) is 7.11 Å². The molecular formula is C14H21BO6. The Hall–Kier alpha value is -1.57. The van der Waals surface area contributed by atoms with E-state index in [1.165, 1.54) is 25.3 Å². The summed E-state index contributed by atoms with van der Waals surface area (Å²) in [6, 6.07) is 3.86. The van der Waals surface area contributed by atoms with E-state index < -0.39 is 24.3 Å². The third-order valence-corrected chi connectivity index (χ3v) is 3.53. The smallest absolute Gasteiger partial charge is 0.491 e. The third-order valence-electron chi connectivity index (χ3n) is 3.53. The zero-order chi connectivity index (χ0) is 16.4. The molecule has 3 N–H and O–H groups in total. The van der Waals surface area contributed by atoms with Crippen LogP contribution in [0.5, 0.6) is 5.75 Å². The van der Waals surface area contributed by atoms with Gasteiger partial charge in [-0.3, -0.25) is 0 Å². The second kappa shape index (κ2) is 6.05. The minimum absolute atomic E-state index is 0.0937. The van der Waals surface area contributed by atoms with E-state index in [-0.39, 0.29) is 16.8 Å². The number of rotatable bonds is 5. The molecule has 1 aromatic rings. The molecule has 7 heteroatoms. The molecule has 0 spiro atoms. The number of phenols is 1. The first kappa shape index (κ1) is 17.5. The van der Waals surface area contributed by atoms with Crippen molar-refractivity contribution < 1.29 is 29.4 Å². The van der Waals surface area contributed by atoms with Gasteiger partial charge in [0, 0.05) is 0 Å². The maximum atomic E-state index is 11.5. The zero-order valence-corrected chi connectivity index (χ0v) is 12.9. The third kappa shape index (κ3) is 4.20. The fourth-order valence-electron chi connectivity index (χ4n) is 1.50. The highest BCUT2D eigenvalue weighted by Gasteiger charge is 2.39. The predicted octanol–water partition coefficient (Wildman–Crippen LogP) is 0.432. The molecule has 0 aliphatic heterocycles. The highest BCUT2D eigenvalue weighted by Crippen LogP contribution is 2.25. The number of carbonyl (C=O) groups excluding carboxylic acids is 1. The number of methoxy groups -OCH3 is 1. The van der Waals surface area contributed by atoms with Gasteiger partial charge >= 0.3 is 13.1 Å². The number of hydrogen-bond acceptors (Lipinski definition) is 6. The molecule has 0 aromatic heterocycles. The molecule has 1 aromatic carbocycles. The van der Waals surface area contributed by atoms with Gasteiger partial charge in [-0.2, -0.15) is 0 Å². The van der Waals surface area contributed by atoms with Crippen LogP contribution in [0.3, 0.4) is 0 Å². The first-order valence-corrected chi connectivity index (χ1v) is 6.48. The van der Waals surface area contributed by atoms with E-state index in [4.69, 9.17) is 4.65 Å². The van der Waals surface area contributed by atoms with Crippen LogP contribution < -0.4 is 5.46 Å². The number of ether oxygens (including phenoxy) is 1. The van der Waals surface area contributed by atoms with E-state index >= 15 is 0 Å². The van der Waals surface area contributed by atoms with Crippen molar-refractivity contribution in [1.29, 1.82) is 0 Å². The SMILES string of the molecule is COC(=O)c1cc(O)cc(B(O)OC(C)(C)C(C)(C)O)c1. The second-order valence-electron chi connectivity index (χ2n) is 5.84. The minimum atomic E-state index is -1.41. The summed E-state index contributed by atoms with van der Waals surface area (Å²) in [6.45, 7) is 6.37. The van der Waals surface area contributed by atoms with E-state index in [2.05, 4.69) is 4.74 Å². The first-order valence-electron chi connectivity index (χ1n) is 6.48. The minimum Gasteiger partial charge on any atom is -0.508 e. The van der Waals surface area contributed by atoms with Crippen LogP contribution in [0.1, 0.15) is 38.1 Å². The van der Waals surface area contributed by atoms with Crippen molar-refractivity contribution in [2.45, 2.75) is 38.9 Å². The quantitative estimate of drug-likeness (QED) is 0.539. The van der Waals surface area contributed by atoms with Crippen LogP contribution in [-0.2, 0) is 9.39 Å². The van der Waals surface area contributed by atoms with Crippen molar-refractivity contribution in [3.05, 3.63) is 23.8 Å². The summed E-state index contributed by atoms with van der Waals surface area (Å²) < 4.78 is 10.0. The van der Waals surface area contributed by atoms with E-state index in [9.17, 15) is 20.0 Å². The number of benzene rings is 1. The normalized spacial score (nSPS) is 12.1. The molecule has 0 bridgehead atoms. The molecule has 0 aliphatic carbocycles. The van der Waals surface area contributed by atoms with Crippen LogP contribution in [0.4, 0.5) is 0 Å². The maximum absolute atomic E-state index is 11.5. The number of aliphatic hydroxyl groups is 1. The molecule has 0 saturated carbocycles. The van der Waals surface area contributed by atoms with Crippen LogP contribution in [0.2, 0.25) is 0 Å². The average molecular weight is 296 g/mol. The standard InChI is InChI=1S/C14H21BO6/c1-13(2,18)14(3,4)21-15(19)10-6-9(12(17)20-5)7-11(16)8-10/h6-8,16,18-19H,1-5H3. The lowest BCUT2D eigenvalue weighted by Gasteiger charge is -2.38. The van der Waals surface area contributed by atoms with Gasteiger partial charge in [0.15, 0.2) is 0 Å². The molecule has 0 fully saturated rings. The van der Waals surface area contributed by atoms with Crippen LogP contribution in [-0.4, -0.2) is 46.6 Å². The summed E-state index contributed by atoms with van der Waals surface area (Å²) >= 11 is 0. The Bertz CT molecular complexity index is 521. The Morgan fingerprint density at radius 1 is 1.19 bits per heavy atom. The Labute approximate surface area is 124 Å². The molecule has 0 amide bonds. The predicted molar refractivity (Wildman–Crippen MR) is 78.5 cm³/mol. The van der Waals surface area contributed by atoms with Crippen molar-refractivity contribution in [2.24, 2.45) is 0 Å². The van der Waals surface area contributed by atoms with Crippen molar-refractivity contribution in [3.8, 4) is 5.75 Å². The summed E-state index contributed by atoms with van der Waals surface area (Å²) in [4.78, 5) is 11.5. The molecule has 0 saturated heterocycles. The lowest BCUT2D eigenvalue weighted by Crippen LogP contribution is -2.53. The summed E-state index contributed by atoms with van der Waals surface area (Å²) in [6.07, 6.45) is 0. The monoisotopic (exact) mass is 296 g/mol. The van der Waals surface area contributed by atoms with Gasteiger partial charge < -0.3 is 24.6 Å². The highest BCUT2D eigenvalue weighted by molar-refractivity contribution is 6.60. The Morgan fingerprint density at radius 3 is 2.24 bits per heavy atom. The van der Waals surface area contributed by atoms with E-state index in [0.717, 1.165) is 0 Å². The molecule has 6 nitrogen and oxygen atoms in total. The van der Waals surface area contributed by atoms with Gasteiger partial charge in [-0.05, 0) is 51.4 Å². The van der Waals surface area contributed by atoms with Crippen molar-refractivity contribution in [3.63, 3.8) is 0 Å². The first-order chi connectivity index (χ1) is 9.48. The van der Waals surface area contributed by atoms with E-state index in [1.807, 2.05) is 0 Å². The molecule has 1 rings (SSSR count). The topological polar surface area (TPSA) is 96.2 Å². The van der Waals surface area contributed by atoms with Crippen molar-refractivity contribution >= 4 is 18.6 Å². The molecule has 0 unspecified atom stereocenters. The number of aromatic hydroxyl groups is 1. The van der Waals surface area contributed by atoms with E-state index in [0.29, 0.717) is 0 Å². The van der Waals surface area contributed by atoms with Gasteiger partial charge in [-0.1, -0.05) is 0 Å². The Morgan fingerprint density at radius 2 is 1.76 bits per heavy atom. The fourth-order valence-corrected chi connectivity index (χ4v) is 1.50. The second-order valence-corrected chi connectivity index (χ2v) is 5.84. The summed E-state index contributed by atoms with van der Waals surface area (Å²) in [7, 11) is -0.196. The van der Waals surface area contributed by atoms with Crippen LogP contribution in [0.25, 0.3) is 0 Å². The highest BCUT2D eigenvalue weighted by atomic mass is 16.5. The van der Waals surface area contributed by atoms with Crippen molar-refractivity contribution in [1.82, 2.24) is 0 Å². The van der Waals surface area contributed by atoms with Gasteiger partial charge in [-0.15, -0.1) is 0 Å². The van der Waals surface area contributed by atoms with Gasteiger partial charge in [0.05, 0.1) is 23.9 Å². The number of esters is 1.